The molecule has 3 aromatic carbocycles. The lowest BCUT2D eigenvalue weighted by Gasteiger charge is -2.12. The van der Waals surface area contributed by atoms with Crippen molar-refractivity contribution in [2.24, 2.45) is 0 Å². The molecular weight excluding hydrogens is 444 g/mol. The average Bonchev–Trinajstić information content (AvgIpc) is 3.13. The van der Waals surface area contributed by atoms with E-state index in [9.17, 15) is 4.79 Å². The number of nitrogens with zero attached hydrogens (tertiary/aromatic N) is 2. The molecule has 0 N–H and O–H groups in total. The number of carbonyl (C=O) groups is 1. The van der Waals surface area contributed by atoms with Crippen LogP contribution in [0.5, 0.6) is 11.5 Å². The molecule has 0 aliphatic heterocycles. The lowest BCUT2D eigenvalue weighted by Crippen LogP contribution is -2.11. The van der Waals surface area contributed by atoms with Crippen LogP contribution in [-0.4, -0.2) is 17.6 Å². The number of nitriles is 1. The molecule has 6 heteroatoms. The van der Waals surface area contributed by atoms with Crippen molar-refractivity contribution < 1.29 is 14.3 Å². The van der Waals surface area contributed by atoms with E-state index in [4.69, 9.17) is 14.7 Å². The second kappa shape index (κ2) is 8.44. The number of aromatic nitrogens is 1. The topological polar surface area (TPSA) is 64.2 Å². The first kappa shape index (κ1) is 19.7. The number of fused-ring (bicyclic) bond motifs is 1. The quantitative estimate of drug-likeness (QED) is 0.347. The summed E-state index contributed by atoms with van der Waals surface area (Å²) in [4.78, 5) is 12.4. The summed E-state index contributed by atoms with van der Waals surface area (Å²) in [6.07, 6.45) is 0. The van der Waals surface area contributed by atoms with Gasteiger partial charge in [0.25, 0.3) is 0 Å². The second-order valence-electron chi connectivity index (χ2n) is 6.67. The fourth-order valence-electron chi connectivity index (χ4n) is 3.28. The van der Waals surface area contributed by atoms with Crippen LogP contribution in [0.2, 0.25) is 0 Å². The van der Waals surface area contributed by atoms with Gasteiger partial charge in [0.05, 0.1) is 24.3 Å². The molecule has 0 spiro atoms. The Morgan fingerprint density at radius 1 is 1.03 bits per heavy atom. The van der Waals surface area contributed by atoms with Crippen molar-refractivity contribution in [3.05, 3.63) is 94.1 Å². The van der Waals surface area contributed by atoms with Gasteiger partial charge in [-0.2, -0.15) is 5.26 Å². The van der Waals surface area contributed by atoms with E-state index in [0.717, 1.165) is 26.7 Å². The van der Waals surface area contributed by atoms with Crippen LogP contribution in [0, 0.1) is 11.3 Å². The summed E-state index contributed by atoms with van der Waals surface area (Å²) in [6, 6.07) is 24.5. The van der Waals surface area contributed by atoms with Gasteiger partial charge in [-0.15, -0.1) is 0 Å². The van der Waals surface area contributed by atoms with Gasteiger partial charge >= 0.3 is 5.97 Å². The fourth-order valence-corrected chi connectivity index (χ4v) is 3.83. The molecule has 1 aromatic heterocycles. The zero-order chi connectivity index (χ0) is 21.1. The Bertz CT molecular complexity index is 1260. The number of benzene rings is 3. The summed E-state index contributed by atoms with van der Waals surface area (Å²) < 4.78 is 13.7. The standard InChI is InChI=1S/C24H17BrN2O3/c1-29-24(28)23-13-20-21(25)11-19(30-18-5-3-2-4-6-18)12-22(20)27(23)15-17-9-7-16(14-26)8-10-17/h2-13H,15H2,1H3. The van der Waals surface area contributed by atoms with Gasteiger partial charge in [-0.25, -0.2) is 4.79 Å². The Balaban J connectivity index is 1.82. The molecule has 1 heterocycles. The SMILES string of the molecule is COC(=O)c1cc2c(Br)cc(Oc3ccccc3)cc2n1Cc1ccc(C#N)cc1. The predicted molar refractivity (Wildman–Crippen MR) is 118 cm³/mol. The number of hydrogen-bond acceptors (Lipinski definition) is 4. The molecule has 0 saturated carbocycles. The zero-order valence-corrected chi connectivity index (χ0v) is 17.7. The van der Waals surface area contributed by atoms with Crippen LogP contribution in [0.25, 0.3) is 10.9 Å². The van der Waals surface area contributed by atoms with Crippen molar-refractivity contribution in [2.75, 3.05) is 7.11 Å². The zero-order valence-electron chi connectivity index (χ0n) is 16.1. The second-order valence-corrected chi connectivity index (χ2v) is 7.52. The first-order chi connectivity index (χ1) is 14.6. The molecule has 0 bridgehead atoms. The fraction of sp³-hybridized carbons (Fsp3) is 0.0833. The highest BCUT2D eigenvalue weighted by Crippen LogP contribution is 2.34. The van der Waals surface area contributed by atoms with E-state index in [1.165, 1.54) is 7.11 Å². The third-order valence-electron chi connectivity index (χ3n) is 4.74. The largest absolute Gasteiger partial charge is 0.464 e. The Morgan fingerprint density at radius 3 is 2.43 bits per heavy atom. The van der Waals surface area contributed by atoms with Crippen molar-refractivity contribution in [1.29, 1.82) is 5.26 Å². The highest BCUT2D eigenvalue weighted by Gasteiger charge is 2.19. The lowest BCUT2D eigenvalue weighted by atomic mass is 10.1. The molecule has 5 nitrogen and oxygen atoms in total. The molecular formula is C24H17BrN2O3. The van der Waals surface area contributed by atoms with E-state index < -0.39 is 5.97 Å². The minimum absolute atomic E-state index is 0.419. The molecule has 0 unspecified atom stereocenters. The Kier molecular flexibility index (Phi) is 5.55. The lowest BCUT2D eigenvalue weighted by molar-refractivity contribution is 0.0589. The molecule has 0 radical (unpaired) electrons. The minimum Gasteiger partial charge on any atom is -0.464 e. The molecule has 0 fully saturated rings. The van der Waals surface area contributed by atoms with Crippen LogP contribution in [-0.2, 0) is 11.3 Å². The normalized spacial score (nSPS) is 10.6. The van der Waals surface area contributed by atoms with Gasteiger partial charge < -0.3 is 14.0 Å². The van der Waals surface area contributed by atoms with Gasteiger partial charge in [0.15, 0.2) is 0 Å². The molecule has 148 valence electrons. The Hall–Kier alpha value is -3.56. The number of para-hydroxylation sites is 1. The van der Waals surface area contributed by atoms with Gasteiger partial charge in [0, 0.05) is 22.5 Å². The number of carbonyl (C=O) groups excluding carboxylic acids is 1. The third-order valence-corrected chi connectivity index (χ3v) is 5.40. The van der Waals surface area contributed by atoms with E-state index in [2.05, 4.69) is 22.0 Å². The number of methoxy groups -OCH3 is 1. The van der Waals surface area contributed by atoms with Crippen LogP contribution < -0.4 is 4.74 Å². The number of halogens is 1. The maximum absolute atomic E-state index is 12.4. The molecule has 0 saturated heterocycles. The summed E-state index contributed by atoms with van der Waals surface area (Å²) in [5.41, 5.74) is 2.82. The number of rotatable bonds is 5. The molecule has 0 aliphatic carbocycles. The summed E-state index contributed by atoms with van der Waals surface area (Å²) in [5.74, 6) is 0.954. The average molecular weight is 461 g/mol. The van der Waals surface area contributed by atoms with Crippen molar-refractivity contribution in [1.82, 2.24) is 4.57 Å². The van der Waals surface area contributed by atoms with Gasteiger partial charge in [-0.05, 0) is 57.9 Å². The highest BCUT2D eigenvalue weighted by atomic mass is 79.9. The van der Waals surface area contributed by atoms with Gasteiger partial charge in [0.2, 0.25) is 0 Å². The molecule has 30 heavy (non-hydrogen) atoms. The molecule has 0 aliphatic rings. The van der Waals surface area contributed by atoms with E-state index in [0.29, 0.717) is 23.6 Å². The minimum atomic E-state index is -0.419. The molecule has 4 aromatic rings. The number of hydrogen-bond donors (Lipinski definition) is 0. The predicted octanol–water partition coefficient (Wildman–Crippen LogP) is 5.90. The molecule has 0 atom stereocenters. The van der Waals surface area contributed by atoms with Crippen molar-refractivity contribution in [3.63, 3.8) is 0 Å². The van der Waals surface area contributed by atoms with E-state index in [1.807, 2.05) is 59.2 Å². The van der Waals surface area contributed by atoms with Crippen molar-refractivity contribution in [3.8, 4) is 17.6 Å². The monoisotopic (exact) mass is 460 g/mol. The van der Waals surface area contributed by atoms with E-state index in [-0.39, 0.29) is 0 Å². The summed E-state index contributed by atoms with van der Waals surface area (Å²) in [6.45, 7) is 0.445. The maximum atomic E-state index is 12.4. The Labute approximate surface area is 182 Å². The third kappa shape index (κ3) is 3.93. The maximum Gasteiger partial charge on any atom is 0.354 e. The van der Waals surface area contributed by atoms with Gasteiger partial charge in [-0.3, -0.25) is 0 Å². The number of esters is 1. The Morgan fingerprint density at radius 2 is 1.77 bits per heavy atom. The highest BCUT2D eigenvalue weighted by molar-refractivity contribution is 9.10. The summed E-state index contributed by atoms with van der Waals surface area (Å²) >= 11 is 3.60. The van der Waals surface area contributed by atoms with E-state index >= 15 is 0 Å². The summed E-state index contributed by atoms with van der Waals surface area (Å²) in [5, 5.41) is 9.90. The van der Waals surface area contributed by atoms with Crippen LogP contribution in [0.4, 0.5) is 0 Å². The smallest absolute Gasteiger partial charge is 0.354 e. The molecule has 4 rings (SSSR count). The first-order valence-corrected chi connectivity index (χ1v) is 10.0. The number of ether oxygens (including phenoxy) is 2. The van der Waals surface area contributed by atoms with Crippen LogP contribution in [0.3, 0.4) is 0 Å². The van der Waals surface area contributed by atoms with E-state index in [1.54, 1.807) is 18.2 Å². The van der Waals surface area contributed by atoms with Gasteiger partial charge in [-0.1, -0.05) is 30.3 Å². The molecule has 0 amide bonds. The van der Waals surface area contributed by atoms with Crippen LogP contribution >= 0.6 is 15.9 Å². The van der Waals surface area contributed by atoms with Crippen LogP contribution in [0.15, 0.2) is 77.3 Å². The van der Waals surface area contributed by atoms with Crippen LogP contribution in [0.1, 0.15) is 21.6 Å². The van der Waals surface area contributed by atoms with Crippen molar-refractivity contribution >= 4 is 32.8 Å². The van der Waals surface area contributed by atoms with Crippen molar-refractivity contribution in [2.45, 2.75) is 6.54 Å². The van der Waals surface area contributed by atoms with Gasteiger partial charge in [0.1, 0.15) is 17.2 Å². The summed E-state index contributed by atoms with van der Waals surface area (Å²) in [7, 11) is 1.37. The first-order valence-electron chi connectivity index (χ1n) is 9.22.